The summed E-state index contributed by atoms with van der Waals surface area (Å²) in [5, 5.41) is 10.4. The van der Waals surface area contributed by atoms with Gasteiger partial charge in [0.05, 0.1) is 7.11 Å². The maximum Gasteiger partial charge on any atom is 0.273 e. The third kappa shape index (κ3) is 4.83. The van der Waals surface area contributed by atoms with Crippen molar-refractivity contribution in [3.05, 3.63) is 71.3 Å². The second kappa shape index (κ2) is 9.83. The van der Waals surface area contributed by atoms with Gasteiger partial charge in [-0.1, -0.05) is 53.7 Å². The minimum absolute atomic E-state index is 0.110. The monoisotopic (exact) mass is 355 g/mol. The van der Waals surface area contributed by atoms with Crippen molar-refractivity contribution in [2.24, 2.45) is 10.3 Å². The summed E-state index contributed by atoms with van der Waals surface area (Å²) in [6, 6.07) is 16.7. The number of nitrogens with zero attached hydrogens (tertiary/aromatic N) is 2. The van der Waals surface area contributed by atoms with Crippen molar-refractivity contribution in [3.63, 3.8) is 0 Å². The number of likely N-dealkylation sites (N-methyl/N-ethyl adjacent to an activating group) is 1. The molecule has 0 saturated heterocycles. The highest BCUT2D eigenvalue weighted by molar-refractivity contribution is 6.46. The van der Waals surface area contributed by atoms with E-state index >= 15 is 0 Å². The summed E-state index contributed by atoms with van der Waals surface area (Å²) in [5.74, 6) is -0.163. The van der Waals surface area contributed by atoms with Gasteiger partial charge >= 0.3 is 0 Å². The van der Waals surface area contributed by atoms with Gasteiger partial charge in [0, 0.05) is 18.2 Å². The van der Waals surface area contributed by atoms with Crippen molar-refractivity contribution in [1.29, 1.82) is 0 Å². The summed E-state index contributed by atoms with van der Waals surface area (Å²) in [6.45, 7) is 0.296. The summed E-state index contributed by atoms with van der Waals surface area (Å²) < 4.78 is 5.35. The maximum absolute atomic E-state index is 12.1. The van der Waals surface area contributed by atoms with Gasteiger partial charge in [0.15, 0.2) is 5.71 Å². The molecule has 0 spiro atoms. The van der Waals surface area contributed by atoms with Crippen LogP contribution < -0.4 is 5.32 Å². The lowest BCUT2D eigenvalue weighted by atomic mass is 10.0. The van der Waals surface area contributed by atoms with Gasteiger partial charge < -0.3 is 19.7 Å². The Labute approximate surface area is 152 Å². The molecule has 0 heterocycles. The van der Waals surface area contributed by atoms with E-state index in [1.165, 1.54) is 21.3 Å². The molecule has 2 aromatic rings. The molecule has 0 aliphatic heterocycles. The molecule has 7 nitrogen and oxygen atoms in total. The molecular weight excluding hydrogens is 334 g/mol. The van der Waals surface area contributed by atoms with Gasteiger partial charge in [0.1, 0.15) is 13.7 Å². The first-order chi connectivity index (χ1) is 12.7. The zero-order valence-electron chi connectivity index (χ0n) is 14.9. The Kier molecular flexibility index (Phi) is 7.17. The smallest absolute Gasteiger partial charge is 0.273 e. The lowest BCUT2D eigenvalue weighted by molar-refractivity contribution is -0.114. The van der Waals surface area contributed by atoms with Crippen LogP contribution in [0.2, 0.25) is 0 Å². The van der Waals surface area contributed by atoms with Gasteiger partial charge in [-0.2, -0.15) is 0 Å². The van der Waals surface area contributed by atoms with E-state index in [0.717, 1.165) is 5.56 Å². The van der Waals surface area contributed by atoms with Crippen LogP contribution in [-0.4, -0.2) is 38.8 Å². The largest absolute Gasteiger partial charge is 0.478 e. The van der Waals surface area contributed by atoms with E-state index in [-0.39, 0.29) is 17.5 Å². The van der Waals surface area contributed by atoms with Crippen LogP contribution in [0.25, 0.3) is 0 Å². The summed E-state index contributed by atoms with van der Waals surface area (Å²) >= 11 is 0. The summed E-state index contributed by atoms with van der Waals surface area (Å²) in [6.07, 6.45) is 0. The third-order valence-corrected chi connectivity index (χ3v) is 3.45. The SMILES string of the molecule is CNC(=O)C(=NOC)c1ccccc1C(=NOCc1ccccc1)OC. The zero-order chi connectivity index (χ0) is 18.8. The predicted molar refractivity (Wildman–Crippen MR) is 98.8 cm³/mol. The van der Waals surface area contributed by atoms with Crippen LogP contribution in [0, 0.1) is 0 Å². The van der Waals surface area contributed by atoms with Crippen LogP contribution in [0.5, 0.6) is 0 Å². The molecule has 0 radical (unpaired) electrons. The molecule has 7 heteroatoms. The number of hydrogen-bond donors (Lipinski definition) is 1. The minimum atomic E-state index is -0.389. The van der Waals surface area contributed by atoms with Crippen molar-refractivity contribution in [1.82, 2.24) is 5.32 Å². The third-order valence-electron chi connectivity index (χ3n) is 3.45. The van der Waals surface area contributed by atoms with Crippen LogP contribution in [-0.2, 0) is 25.8 Å². The molecule has 0 fully saturated rings. The highest BCUT2D eigenvalue weighted by atomic mass is 16.6. The zero-order valence-corrected chi connectivity index (χ0v) is 14.9. The van der Waals surface area contributed by atoms with Crippen LogP contribution in [0.1, 0.15) is 16.7 Å². The fourth-order valence-corrected chi connectivity index (χ4v) is 2.23. The van der Waals surface area contributed by atoms with Crippen LogP contribution in [0.3, 0.4) is 0 Å². The van der Waals surface area contributed by atoms with Crippen molar-refractivity contribution >= 4 is 17.5 Å². The Bertz CT molecular complexity index is 788. The van der Waals surface area contributed by atoms with Gasteiger partial charge in [-0.15, -0.1) is 0 Å². The van der Waals surface area contributed by atoms with Gasteiger partial charge in [0.2, 0.25) is 0 Å². The Balaban J connectivity index is 2.31. The fourth-order valence-electron chi connectivity index (χ4n) is 2.23. The molecule has 2 aromatic carbocycles. The maximum atomic E-state index is 12.1. The first-order valence-corrected chi connectivity index (χ1v) is 7.92. The quantitative estimate of drug-likeness (QED) is 0.469. The van der Waals surface area contributed by atoms with Crippen LogP contribution in [0.15, 0.2) is 64.9 Å². The first kappa shape index (κ1) is 19.0. The van der Waals surface area contributed by atoms with E-state index in [1.807, 2.05) is 30.3 Å². The van der Waals surface area contributed by atoms with E-state index in [4.69, 9.17) is 14.4 Å². The number of oxime groups is 2. The number of ether oxygens (including phenoxy) is 1. The number of rotatable bonds is 7. The normalized spacial score (nSPS) is 11.7. The standard InChI is InChI=1S/C19H21N3O4/c1-20-18(23)17(21-25-3)15-11-7-8-12-16(15)19(24-2)22-26-13-14-9-5-4-6-10-14/h4-12H,13H2,1-3H3,(H,20,23). The average Bonchev–Trinajstić information content (AvgIpc) is 2.70. The number of benzene rings is 2. The lowest BCUT2D eigenvalue weighted by Gasteiger charge is -2.11. The molecule has 1 amide bonds. The molecule has 0 saturated carbocycles. The van der Waals surface area contributed by atoms with E-state index in [9.17, 15) is 4.79 Å². The molecule has 0 unspecified atom stereocenters. The molecule has 0 aliphatic carbocycles. The van der Waals surface area contributed by atoms with Crippen molar-refractivity contribution < 1.29 is 19.2 Å². The number of carbonyl (C=O) groups is 1. The molecule has 136 valence electrons. The van der Waals surface area contributed by atoms with E-state index < -0.39 is 0 Å². The number of carbonyl (C=O) groups excluding carboxylic acids is 1. The summed E-state index contributed by atoms with van der Waals surface area (Å²) in [7, 11) is 4.37. The molecule has 26 heavy (non-hydrogen) atoms. The van der Waals surface area contributed by atoms with Crippen molar-refractivity contribution in [2.45, 2.75) is 6.61 Å². The number of hydrogen-bond acceptors (Lipinski definition) is 6. The molecule has 0 bridgehead atoms. The highest BCUT2D eigenvalue weighted by Crippen LogP contribution is 2.14. The van der Waals surface area contributed by atoms with E-state index in [1.54, 1.807) is 24.3 Å². The molecule has 0 aliphatic rings. The molecular formula is C19H21N3O4. The predicted octanol–water partition coefficient (Wildman–Crippen LogP) is 2.31. The molecule has 2 rings (SSSR count). The fraction of sp³-hybridized carbons (Fsp3) is 0.211. The molecule has 0 aromatic heterocycles. The van der Waals surface area contributed by atoms with Crippen molar-refractivity contribution in [2.75, 3.05) is 21.3 Å². The minimum Gasteiger partial charge on any atom is -0.478 e. The first-order valence-electron chi connectivity index (χ1n) is 7.92. The topological polar surface area (TPSA) is 81.5 Å². The van der Waals surface area contributed by atoms with Gasteiger partial charge in [-0.3, -0.25) is 4.79 Å². The van der Waals surface area contributed by atoms with E-state index in [2.05, 4.69) is 15.6 Å². The van der Waals surface area contributed by atoms with Crippen LogP contribution >= 0.6 is 0 Å². The van der Waals surface area contributed by atoms with Gasteiger partial charge in [0.25, 0.3) is 11.8 Å². The summed E-state index contributed by atoms with van der Waals surface area (Å²) in [5.41, 5.74) is 2.16. The number of amides is 1. The second-order valence-electron chi connectivity index (χ2n) is 5.11. The Morgan fingerprint density at radius 1 is 0.962 bits per heavy atom. The van der Waals surface area contributed by atoms with Gasteiger partial charge in [-0.05, 0) is 16.8 Å². The average molecular weight is 355 g/mol. The van der Waals surface area contributed by atoms with Crippen molar-refractivity contribution in [3.8, 4) is 0 Å². The number of nitrogens with one attached hydrogen (secondary N) is 1. The molecule has 1 N–H and O–H groups in total. The number of methoxy groups -OCH3 is 1. The van der Waals surface area contributed by atoms with Gasteiger partial charge in [-0.25, -0.2) is 0 Å². The second-order valence-corrected chi connectivity index (χ2v) is 5.11. The van der Waals surface area contributed by atoms with E-state index in [0.29, 0.717) is 17.7 Å². The van der Waals surface area contributed by atoms with Crippen LogP contribution in [0.4, 0.5) is 0 Å². The Morgan fingerprint density at radius 2 is 1.62 bits per heavy atom. The lowest BCUT2D eigenvalue weighted by Crippen LogP contribution is -2.30. The summed E-state index contributed by atoms with van der Waals surface area (Å²) in [4.78, 5) is 22.3. The Hall–Kier alpha value is -3.35. The highest BCUT2D eigenvalue weighted by Gasteiger charge is 2.20. The molecule has 0 atom stereocenters. The Morgan fingerprint density at radius 3 is 2.23 bits per heavy atom.